The Labute approximate surface area is 114 Å². The van der Waals surface area contributed by atoms with E-state index in [4.69, 9.17) is 0 Å². The first kappa shape index (κ1) is 12.2. The van der Waals surface area contributed by atoms with Gasteiger partial charge < -0.3 is 9.88 Å². The molecule has 1 aromatic carbocycles. The van der Waals surface area contributed by atoms with Crippen molar-refractivity contribution in [2.75, 3.05) is 20.1 Å². The number of nitrogens with zero attached hydrogens (tertiary/aromatic N) is 2. The number of piperidine rings is 1. The molecular weight excluding hydrogens is 234 g/mol. The number of aromatic amines is 1. The van der Waals surface area contributed by atoms with Gasteiger partial charge in [-0.3, -0.25) is 0 Å². The van der Waals surface area contributed by atoms with Crippen molar-refractivity contribution in [2.45, 2.75) is 12.8 Å². The first-order chi connectivity index (χ1) is 9.34. The molecule has 1 saturated heterocycles. The molecule has 1 aliphatic rings. The third kappa shape index (κ3) is 2.61. The summed E-state index contributed by atoms with van der Waals surface area (Å²) in [7, 11) is 2.19. The van der Waals surface area contributed by atoms with Crippen LogP contribution in [-0.2, 0) is 0 Å². The number of hydrogen-bond acceptors (Lipinski definition) is 2. The van der Waals surface area contributed by atoms with Gasteiger partial charge >= 0.3 is 0 Å². The zero-order valence-electron chi connectivity index (χ0n) is 11.3. The maximum absolute atomic E-state index is 4.46. The van der Waals surface area contributed by atoms with E-state index in [1.54, 1.807) is 0 Å². The van der Waals surface area contributed by atoms with E-state index in [1.165, 1.54) is 16.7 Å². The summed E-state index contributed by atoms with van der Waals surface area (Å²) in [5.74, 6) is 0.991. The fraction of sp³-hybridized carbons (Fsp3) is 0.312. The van der Waals surface area contributed by atoms with Crippen molar-refractivity contribution in [3.05, 3.63) is 59.7 Å². The number of nitrogens with one attached hydrogen (secondary N) is 1. The highest BCUT2D eigenvalue weighted by molar-refractivity contribution is 5.78. The van der Waals surface area contributed by atoms with Gasteiger partial charge in [0, 0.05) is 31.1 Å². The normalized spacial score (nSPS) is 16.6. The monoisotopic (exact) mass is 253 g/mol. The number of H-pyrrole nitrogens is 1. The highest BCUT2D eigenvalue weighted by atomic mass is 15.1. The largest absolute Gasteiger partial charge is 0.345 e. The van der Waals surface area contributed by atoms with Crippen LogP contribution in [0.25, 0.3) is 5.57 Å². The summed E-state index contributed by atoms with van der Waals surface area (Å²) in [6.07, 6.45) is 5.98. The molecule has 0 aliphatic carbocycles. The summed E-state index contributed by atoms with van der Waals surface area (Å²) in [4.78, 5) is 10.1. The lowest BCUT2D eigenvalue weighted by molar-refractivity contribution is 0.313. The van der Waals surface area contributed by atoms with E-state index >= 15 is 0 Å². The van der Waals surface area contributed by atoms with Crippen molar-refractivity contribution in [1.82, 2.24) is 14.9 Å². The Hall–Kier alpha value is -1.87. The molecule has 0 saturated carbocycles. The maximum atomic E-state index is 4.46. The summed E-state index contributed by atoms with van der Waals surface area (Å²) in [6, 6.07) is 10.6. The van der Waals surface area contributed by atoms with Gasteiger partial charge in [-0.1, -0.05) is 35.9 Å². The average molecular weight is 253 g/mol. The van der Waals surface area contributed by atoms with Gasteiger partial charge in [-0.15, -0.1) is 0 Å². The Bertz CT molecular complexity index is 545. The molecule has 0 radical (unpaired) electrons. The first-order valence-electron chi connectivity index (χ1n) is 6.80. The van der Waals surface area contributed by atoms with E-state index in [2.05, 4.69) is 52.2 Å². The van der Waals surface area contributed by atoms with Gasteiger partial charge in [0.05, 0.1) is 0 Å². The molecule has 1 N–H and O–H groups in total. The Morgan fingerprint density at radius 3 is 2.53 bits per heavy atom. The minimum absolute atomic E-state index is 0.991. The number of likely N-dealkylation sites (tertiary alicyclic amines) is 1. The minimum Gasteiger partial charge on any atom is -0.345 e. The first-order valence-corrected chi connectivity index (χ1v) is 6.80. The zero-order chi connectivity index (χ0) is 13.1. The number of aromatic nitrogens is 2. The van der Waals surface area contributed by atoms with E-state index in [0.29, 0.717) is 0 Å². The van der Waals surface area contributed by atoms with Crippen molar-refractivity contribution in [2.24, 2.45) is 0 Å². The molecule has 3 nitrogen and oxygen atoms in total. The molecule has 19 heavy (non-hydrogen) atoms. The fourth-order valence-corrected chi connectivity index (χ4v) is 2.65. The Balaban J connectivity index is 2.05. The van der Waals surface area contributed by atoms with Crippen LogP contribution in [0.1, 0.15) is 24.2 Å². The molecule has 2 heterocycles. The smallest absolute Gasteiger partial charge is 0.137 e. The van der Waals surface area contributed by atoms with Crippen molar-refractivity contribution in [3.63, 3.8) is 0 Å². The van der Waals surface area contributed by atoms with Crippen molar-refractivity contribution in [1.29, 1.82) is 0 Å². The van der Waals surface area contributed by atoms with Crippen molar-refractivity contribution >= 4 is 5.57 Å². The van der Waals surface area contributed by atoms with Gasteiger partial charge in [-0.05, 0) is 25.5 Å². The van der Waals surface area contributed by atoms with Crippen LogP contribution < -0.4 is 0 Å². The second-order valence-corrected chi connectivity index (χ2v) is 5.09. The lowest BCUT2D eigenvalue weighted by Crippen LogP contribution is -2.27. The zero-order valence-corrected chi connectivity index (χ0v) is 11.3. The van der Waals surface area contributed by atoms with Gasteiger partial charge in [0.25, 0.3) is 0 Å². The van der Waals surface area contributed by atoms with Gasteiger partial charge in [-0.2, -0.15) is 0 Å². The third-order valence-corrected chi connectivity index (χ3v) is 3.74. The molecule has 1 aliphatic heterocycles. The van der Waals surface area contributed by atoms with Crippen LogP contribution in [0.2, 0.25) is 0 Å². The molecule has 1 fully saturated rings. The molecule has 0 amide bonds. The van der Waals surface area contributed by atoms with Gasteiger partial charge in [-0.25, -0.2) is 4.98 Å². The van der Waals surface area contributed by atoms with Crippen LogP contribution in [0.15, 0.2) is 48.3 Å². The van der Waals surface area contributed by atoms with Crippen molar-refractivity contribution in [3.8, 4) is 0 Å². The molecule has 0 atom stereocenters. The molecule has 98 valence electrons. The molecule has 3 rings (SSSR count). The second-order valence-electron chi connectivity index (χ2n) is 5.09. The lowest BCUT2D eigenvalue weighted by atomic mass is 9.93. The molecule has 3 heteroatoms. The van der Waals surface area contributed by atoms with Crippen molar-refractivity contribution < 1.29 is 0 Å². The van der Waals surface area contributed by atoms with E-state index in [-0.39, 0.29) is 0 Å². The van der Waals surface area contributed by atoms with Gasteiger partial charge in [0.1, 0.15) is 5.82 Å². The van der Waals surface area contributed by atoms with E-state index < -0.39 is 0 Å². The summed E-state index contributed by atoms with van der Waals surface area (Å²) in [5, 5.41) is 0. The Kier molecular flexibility index (Phi) is 3.47. The highest BCUT2D eigenvalue weighted by Gasteiger charge is 2.18. The van der Waals surface area contributed by atoms with Crippen LogP contribution in [-0.4, -0.2) is 35.0 Å². The van der Waals surface area contributed by atoms with Crippen LogP contribution in [0.4, 0.5) is 0 Å². The minimum atomic E-state index is 0.991. The standard InChI is InChI=1S/C16H19N3/c1-19-11-7-14(8-12-19)15(16-17-9-10-18-16)13-5-3-2-4-6-13/h2-6,9-10H,7-8,11-12H2,1H3,(H,17,18). The second kappa shape index (κ2) is 5.41. The number of hydrogen-bond donors (Lipinski definition) is 1. The Morgan fingerprint density at radius 2 is 1.89 bits per heavy atom. The van der Waals surface area contributed by atoms with E-state index in [0.717, 1.165) is 31.8 Å². The molecule has 2 aromatic rings. The van der Waals surface area contributed by atoms with Gasteiger partial charge in [0.2, 0.25) is 0 Å². The maximum Gasteiger partial charge on any atom is 0.137 e. The van der Waals surface area contributed by atoms with E-state index in [9.17, 15) is 0 Å². The molecular formula is C16H19N3. The number of imidazole rings is 1. The van der Waals surface area contributed by atoms with E-state index in [1.807, 2.05) is 12.4 Å². The summed E-state index contributed by atoms with van der Waals surface area (Å²) >= 11 is 0. The Morgan fingerprint density at radius 1 is 1.16 bits per heavy atom. The average Bonchev–Trinajstić information content (AvgIpc) is 2.96. The number of rotatable bonds is 2. The van der Waals surface area contributed by atoms with Gasteiger partial charge in [0.15, 0.2) is 0 Å². The molecule has 1 aromatic heterocycles. The molecule has 0 spiro atoms. The lowest BCUT2D eigenvalue weighted by Gasteiger charge is -2.26. The predicted molar refractivity (Wildman–Crippen MR) is 77.8 cm³/mol. The topological polar surface area (TPSA) is 31.9 Å². The third-order valence-electron chi connectivity index (χ3n) is 3.74. The predicted octanol–water partition coefficient (Wildman–Crippen LogP) is 2.94. The quantitative estimate of drug-likeness (QED) is 0.892. The fourth-order valence-electron chi connectivity index (χ4n) is 2.65. The van der Waals surface area contributed by atoms with Crippen LogP contribution in [0.3, 0.4) is 0 Å². The summed E-state index contributed by atoms with van der Waals surface area (Å²) in [6.45, 7) is 2.26. The van der Waals surface area contributed by atoms with Crippen LogP contribution in [0, 0.1) is 0 Å². The number of benzene rings is 1. The summed E-state index contributed by atoms with van der Waals surface area (Å²) in [5.41, 5.74) is 4.06. The molecule has 0 bridgehead atoms. The summed E-state index contributed by atoms with van der Waals surface area (Å²) < 4.78 is 0. The highest BCUT2D eigenvalue weighted by Crippen LogP contribution is 2.30. The van der Waals surface area contributed by atoms with Crippen LogP contribution in [0.5, 0.6) is 0 Å². The molecule has 0 unspecified atom stereocenters. The van der Waals surface area contributed by atoms with Crippen LogP contribution >= 0.6 is 0 Å². The SMILES string of the molecule is CN1CCC(=C(c2ccccc2)c2ncc[nH]2)CC1.